The minimum Gasteiger partial charge on any atom is -0.379 e. The van der Waals surface area contributed by atoms with Gasteiger partial charge in [0.05, 0.1) is 19.3 Å². The van der Waals surface area contributed by atoms with Crippen molar-refractivity contribution in [2.45, 2.75) is 33.1 Å². The van der Waals surface area contributed by atoms with Crippen LogP contribution < -0.4 is 5.73 Å². The molecule has 0 fully saturated rings. The van der Waals surface area contributed by atoms with Gasteiger partial charge in [-0.25, -0.2) is 4.39 Å². The second kappa shape index (κ2) is 7.37. The molecule has 4 heteroatoms. The molecule has 0 saturated carbocycles. The van der Waals surface area contributed by atoms with Crippen molar-refractivity contribution in [3.63, 3.8) is 0 Å². The van der Waals surface area contributed by atoms with Gasteiger partial charge in [0.2, 0.25) is 0 Å². The molecule has 1 rings (SSSR count). The molecule has 3 nitrogen and oxygen atoms in total. The first kappa shape index (κ1) is 14.1. The topological polar surface area (TPSA) is 44.5 Å². The van der Waals surface area contributed by atoms with Gasteiger partial charge in [-0.05, 0) is 13.8 Å². The van der Waals surface area contributed by atoms with Gasteiger partial charge in [-0.2, -0.15) is 0 Å². The fraction of sp³-hybridized carbons (Fsp3) is 0.538. The minimum atomic E-state index is -0.265. The zero-order chi connectivity index (χ0) is 12.7. The zero-order valence-electron chi connectivity index (χ0n) is 10.4. The molecule has 0 bridgehead atoms. The van der Waals surface area contributed by atoms with E-state index >= 15 is 0 Å². The van der Waals surface area contributed by atoms with Gasteiger partial charge in [-0.15, -0.1) is 0 Å². The van der Waals surface area contributed by atoms with Crippen molar-refractivity contribution in [3.8, 4) is 0 Å². The van der Waals surface area contributed by atoms with Gasteiger partial charge in [0, 0.05) is 24.3 Å². The van der Waals surface area contributed by atoms with Crippen molar-refractivity contribution in [1.82, 2.24) is 0 Å². The molecular weight excluding hydrogens is 221 g/mol. The molecule has 2 N–H and O–H groups in total. The first-order valence-corrected chi connectivity index (χ1v) is 5.84. The lowest BCUT2D eigenvalue weighted by Gasteiger charge is -2.14. The molecule has 96 valence electrons. The van der Waals surface area contributed by atoms with Crippen LogP contribution in [0.5, 0.6) is 0 Å². The molecular formula is C13H20FNO2. The van der Waals surface area contributed by atoms with E-state index in [4.69, 9.17) is 15.2 Å². The molecule has 0 heterocycles. The Bertz CT molecular complexity index is 344. The summed E-state index contributed by atoms with van der Waals surface area (Å²) in [4.78, 5) is 0. The Kier molecular flexibility index (Phi) is 6.11. The highest BCUT2D eigenvalue weighted by Gasteiger charge is 2.09. The van der Waals surface area contributed by atoms with Gasteiger partial charge in [0.15, 0.2) is 0 Å². The Morgan fingerprint density at radius 2 is 2.06 bits per heavy atom. The molecule has 0 aromatic heterocycles. The average Bonchev–Trinajstić information content (AvgIpc) is 2.35. The summed E-state index contributed by atoms with van der Waals surface area (Å²) in [6.45, 7) is 5.46. The lowest BCUT2D eigenvalue weighted by Crippen LogP contribution is -2.16. The standard InChI is InChI=1S/C13H20FNO2/c1-3-16-8-10(2)17-9-12-6-4-5-11(7-15)13(12)14/h4-6,10H,3,7-9,15H2,1-2H3. The maximum atomic E-state index is 13.8. The lowest BCUT2D eigenvalue weighted by atomic mass is 10.1. The van der Waals surface area contributed by atoms with Gasteiger partial charge in [-0.3, -0.25) is 0 Å². The Labute approximate surface area is 102 Å². The summed E-state index contributed by atoms with van der Waals surface area (Å²) in [7, 11) is 0. The van der Waals surface area contributed by atoms with Gasteiger partial charge in [-0.1, -0.05) is 18.2 Å². The highest BCUT2D eigenvalue weighted by molar-refractivity contribution is 5.25. The van der Waals surface area contributed by atoms with Crippen LogP contribution in [0, 0.1) is 5.82 Å². The molecule has 0 amide bonds. The van der Waals surface area contributed by atoms with E-state index in [1.54, 1.807) is 18.2 Å². The smallest absolute Gasteiger partial charge is 0.133 e. The van der Waals surface area contributed by atoms with Crippen LogP contribution in [-0.2, 0) is 22.6 Å². The van der Waals surface area contributed by atoms with Crippen LogP contribution >= 0.6 is 0 Å². The summed E-state index contributed by atoms with van der Waals surface area (Å²) < 4.78 is 24.5. The van der Waals surface area contributed by atoms with Crippen LogP contribution in [0.15, 0.2) is 18.2 Å². The van der Waals surface area contributed by atoms with Crippen LogP contribution in [0.1, 0.15) is 25.0 Å². The van der Waals surface area contributed by atoms with Gasteiger partial charge in [0.1, 0.15) is 5.82 Å². The van der Waals surface area contributed by atoms with Crippen molar-refractivity contribution in [3.05, 3.63) is 35.1 Å². The highest BCUT2D eigenvalue weighted by atomic mass is 19.1. The normalized spacial score (nSPS) is 12.7. The number of ether oxygens (including phenoxy) is 2. The largest absolute Gasteiger partial charge is 0.379 e. The van der Waals surface area contributed by atoms with Crippen LogP contribution in [0.4, 0.5) is 4.39 Å². The average molecular weight is 241 g/mol. The van der Waals surface area contributed by atoms with Crippen molar-refractivity contribution in [2.24, 2.45) is 5.73 Å². The van der Waals surface area contributed by atoms with E-state index in [1.165, 1.54) is 0 Å². The van der Waals surface area contributed by atoms with Crippen LogP contribution in [-0.4, -0.2) is 19.3 Å². The summed E-state index contributed by atoms with van der Waals surface area (Å²) in [5.41, 5.74) is 6.50. The first-order chi connectivity index (χ1) is 8.19. The zero-order valence-corrected chi connectivity index (χ0v) is 10.4. The van der Waals surface area contributed by atoms with E-state index in [2.05, 4.69) is 0 Å². The molecule has 1 aromatic carbocycles. The SMILES string of the molecule is CCOCC(C)OCc1cccc(CN)c1F. The Morgan fingerprint density at radius 3 is 2.71 bits per heavy atom. The number of halogens is 1. The van der Waals surface area contributed by atoms with E-state index in [0.29, 0.717) is 24.3 Å². The molecule has 1 unspecified atom stereocenters. The Balaban J connectivity index is 2.51. The van der Waals surface area contributed by atoms with Crippen molar-refractivity contribution in [2.75, 3.05) is 13.2 Å². The van der Waals surface area contributed by atoms with E-state index in [1.807, 2.05) is 13.8 Å². The molecule has 0 radical (unpaired) electrons. The number of benzene rings is 1. The molecule has 1 aromatic rings. The minimum absolute atomic E-state index is 0.0455. The summed E-state index contributed by atoms with van der Waals surface area (Å²) in [6.07, 6.45) is -0.0455. The molecule has 0 spiro atoms. The van der Waals surface area contributed by atoms with Crippen molar-refractivity contribution < 1.29 is 13.9 Å². The number of rotatable bonds is 7. The molecule has 0 aliphatic heterocycles. The van der Waals surface area contributed by atoms with Gasteiger partial charge in [0.25, 0.3) is 0 Å². The number of hydrogen-bond donors (Lipinski definition) is 1. The molecule has 0 aliphatic rings. The maximum Gasteiger partial charge on any atom is 0.133 e. The predicted octanol–water partition coefficient (Wildman–Crippen LogP) is 2.23. The predicted molar refractivity (Wildman–Crippen MR) is 65.0 cm³/mol. The first-order valence-electron chi connectivity index (χ1n) is 5.84. The third-order valence-electron chi connectivity index (χ3n) is 2.46. The summed E-state index contributed by atoms with van der Waals surface area (Å²) >= 11 is 0. The van der Waals surface area contributed by atoms with Crippen molar-refractivity contribution >= 4 is 0 Å². The monoisotopic (exact) mass is 241 g/mol. The number of hydrogen-bond acceptors (Lipinski definition) is 3. The second-order valence-electron chi connectivity index (χ2n) is 3.88. The lowest BCUT2D eigenvalue weighted by molar-refractivity contribution is -0.0125. The van der Waals surface area contributed by atoms with E-state index in [0.717, 1.165) is 0 Å². The summed E-state index contributed by atoms with van der Waals surface area (Å²) in [5, 5.41) is 0. The van der Waals surface area contributed by atoms with Crippen LogP contribution in [0.3, 0.4) is 0 Å². The molecule has 0 saturated heterocycles. The molecule has 1 atom stereocenters. The highest BCUT2D eigenvalue weighted by Crippen LogP contribution is 2.14. The molecule has 0 aliphatic carbocycles. The molecule has 17 heavy (non-hydrogen) atoms. The van der Waals surface area contributed by atoms with Crippen LogP contribution in [0.25, 0.3) is 0 Å². The fourth-order valence-corrected chi connectivity index (χ4v) is 1.47. The van der Waals surface area contributed by atoms with Gasteiger partial charge >= 0.3 is 0 Å². The van der Waals surface area contributed by atoms with Crippen molar-refractivity contribution in [1.29, 1.82) is 0 Å². The summed E-state index contributed by atoms with van der Waals surface area (Å²) in [5.74, 6) is -0.265. The Hall–Kier alpha value is -0.970. The van der Waals surface area contributed by atoms with Gasteiger partial charge < -0.3 is 15.2 Å². The summed E-state index contributed by atoms with van der Waals surface area (Å²) in [6, 6.07) is 5.18. The number of nitrogens with two attached hydrogens (primary N) is 1. The third kappa shape index (κ3) is 4.42. The van der Waals surface area contributed by atoms with E-state index in [9.17, 15) is 4.39 Å². The van der Waals surface area contributed by atoms with E-state index in [-0.39, 0.29) is 25.1 Å². The third-order valence-corrected chi connectivity index (χ3v) is 2.46. The quantitative estimate of drug-likeness (QED) is 0.796. The fourth-order valence-electron chi connectivity index (χ4n) is 1.47. The second-order valence-corrected chi connectivity index (χ2v) is 3.88. The van der Waals surface area contributed by atoms with E-state index < -0.39 is 0 Å². The Morgan fingerprint density at radius 1 is 1.35 bits per heavy atom. The van der Waals surface area contributed by atoms with Crippen LogP contribution in [0.2, 0.25) is 0 Å². The maximum absolute atomic E-state index is 13.8.